The summed E-state index contributed by atoms with van der Waals surface area (Å²) in [5.41, 5.74) is 4.08. The number of hydrogen-bond acceptors (Lipinski definition) is 6. The van der Waals surface area contributed by atoms with Gasteiger partial charge in [-0.2, -0.15) is 0 Å². The molecular formula is C28H29NO5. The Morgan fingerprint density at radius 2 is 1.44 bits per heavy atom. The van der Waals surface area contributed by atoms with Gasteiger partial charge in [0.2, 0.25) is 0 Å². The van der Waals surface area contributed by atoms with Crippen molar-refractivity contribution in [2.45, 2.75) is 39.5 Å². The van der Waals surface area contributed by atoms with Gasteiger partial charge >= 0.3 is 11.9 Å². The van der Waals surface area contributed by atoms with Crippen LogP contribution in [0.15, 0.2) is 93.9 Å². The first-order valence-corrected chi connectivity index (χ1v) is 11.5. The first-order chi connectivity index (χ1) is 16.5. The molecule has 0 radical (unpaired) electrons. The first kappa shape index (κ1) is 23.4. The lowest BCUT2D eigenvalue weighted by Crippen LogP contribution is -2.35. The van der Waals surface area contributed by atoms with E-state index in [2.05, 4.69) is 24.3 Å². The van der Waals surface area contributed by atoms with Crippen molar-refractivity contribution in [3.63, 3.8) is 0 Å². The molecule has 1 aliphatic carbocycles. The average Bonchev–Trinajstić information content (AvgIpc) is 3.54. The Morgan fingerprint density at radius 3 is 1.91 bits per heavy atom. The Labute approximate surface area is 199 Å². The molecule has 1 aliphatic heterocycles. The number of carbonyl (C=O) groups is 2. The van der Waals surface area contributed by atoms with Gasteiger partial charge in [0.05, 0.1) is 36.5 Å². The Morgan fingerprint density at radius 1 is 0.882 bits per heavy atom. The molecule has 0 atom stereocenters. The standard InChI is InChI=1S/C28H29NO5/c1-5-32-27(30)24-18(3)29(22-15-13-21(14-16-22)20-10-7-8-11-20)19(4)25(28(31)33-6-2)26(24)23-12-9-17-34-23/h7-17,20,26H,5-6H2,1-4H3. The Balaban J connectivity index is 1.87. The number of anilines is 1. The van der Waals surface area contributed by atoms with Crippen LogP contribution in [0.4, 0.5) is 5.69 Å². The van der Waals surface area contributed by atoms with E-state index in [1.807, 2.05) is 43.0 Å². The number of benzene rings is 1. The van der Waals surface area contributed by atoms with Gasteiger partial charge in [0.15, 0.2) is 0 Å². The second-order valence-corrected chi connectivity index (χ2v) is 8.11. The van der Waals surface area contributed by atoms with E-state index in [9.17, 15) is 9.59 Å². The van der Waals surface area contributed by atoms with Gasteiger partial charge in [0, 0.05) is 23.0 Å². The molecule has 2 aromatic rings. The molecule has 0 bridgehead atoms. The van der Waals surface area contributed by atoms with E-state index in [4.69, 9.17) is 13.9 Å². The summed E-state index contributed by atoms with van der Waals surface area (Å²) in [7, 11) is 0. The fourth-order valence-corrected chi connectivity index (χ4v) is 4.63. The maximum absolute atomic E-state index is 13.2. The summed E-state index contributed by atoms with van der Waals surface area (Å²) < 4.78 is 16.5. The molecule has 6 nitrogen and oxygen atoms in total. The molecule has 0 amide bonds. The van der Waals surface area contributed by atoms with Crippen molar-refractivity contribution < 1.29 is 23.5 Å². The van der Waals surface area contributed by atoms with Crippen LogP contribution in [0.2, 0.25) is 0 Å². The smallest absolute Gasteiger partial charge is 0.336 e. The quantitative estimate of drug-likeness (QED) is 0.490. The molecule has 0 N–H and O–H groups in total. The zero-order valence-electron chi connectivity index (χ0n) is 19.9. The molecule has 34 heavy (non-hydrogen) atoms. The maximum Gasteiger partial charge on any atom is 0.336 e. The summed E-state index contributed by atoms with van der Waals surface area (Å²) >= 11 is 0. The van der Waals surface area contributed by atoms with Crippen LogP contribution in [-0.4, -0.2) is 25.2 Å². The van der Waals surface area contributed by atoms with Crippen molar-refractivity contribution in [1.29, 1.82) is 0 Å². The highest BCUT2D eigenvalue weighted by Crippen LogP contribution is 2.45. The minimum Gasteiger partial charge on any atom is -0.468 e. The Hall–Kier alpha value is -3.80. The number of furan rings is 1. The predicted octanol–water partition coefficient (Wildman–Crippen LogP) is 5.77. The highest BCUT2D eigenvalue weighted by molar-refractivity contribution is 6.01. The summed E-state index contributed by atoms with van der Waals surface area (Å²) in [5.74, 6) is -0.966. The van der Waals surface area contributed by atoms with Crippen molar-refractivity contribution in [2.75, 3.05) is 18.1 Å². The van der Waals surface area contributed by atoms with Crippen molar-refractivity contribution in [3.8, 4) is 0 Å². The van der Waals surface area contributed by atoms with Gasteiger partial charge in [0.25, 0.3) is 0 Å². The van der Waals surface area contributed by atoms with Crippen LogP contribution < -0.4 is 4.90 Å². The summed E-state index contributed by atoms with van der Waals surface area (Å²) in [6.45, 7) is 7.68. The van der Waals surface area contributed by atoms with Crippen LogP contribution in [0.25, 0.3) is 0 Å². The van der Waals surface area contributed by atoms with Gasteiger partial charge in [-0.15, -0.1) is 0 Å². The lowest BCUT2D eigenvalue weighted by atomic mass is 9.82. The van der Waals surface area contributed by atoms with E-state index in [0.29, 0.717) is 28.3 Å². The number of esters is 2. The van der Waals surface area contributed by atoms with Gasteiger partial charge < -0.3 is 18.8 Å². The fraction of sp³-hybridized carbons (Fsp3) is 0.286. The molecule has 0 fully saturated rings. The van der Waals surface area contributed by atoms with Crippen LogP contribution in [0.5, 0.6) is 0 Å². The average molecular weight is 460 g/mol. The minimum absolute atomic E-state index is 0.217. The van der Waals surface area contributed by atoms with Crippen molar-refractivity contribution in [3.05, 3.63) is 101 Å². The van der Waals surface area contributed by atoms with E-state index in [0.717, 1.165) is 5.69 Å². The molecule has 2 aliphatic rings. The minimum atomic E-state index is -0.725. The van der Waals surface area contributed by atoms with Gasteiger partial charge in [0.1, 0.15) is 5.76 Å². The third-order valence-corrected chi connectivity index (χ3v) is 6.13. The number of hydrogen-bond donors (Lipinski definition) is 0. The van der Waals surface area contributed by atoms with E-state index < -0.39 is 17.9 Å². The van der Waals surface area contributed by atoms with E-state index >= 15 is 0 Å². The normalized spacial score (nSPS) is 16.5. The summed E-state index contributed by atoms with van der Waals surface area (Å²) in [6, 6.07) is 11.6. The maximum atomic E-state index is 13.2. The third kappa shape index (κ3) is 4.23. The Bertz CT molecular complexity index is 1130. The predicted molar refractivity (Wildman–Crippen MR) is 130 cm³/mol. The number of ether oxygens (including phenoxy) is 2. The molecule has 1 aromatic heterocycles. The molecule has 2 heterocycles. The SMILES string of the molecule is CCOC(=O)C1=C(C)N(c2ccc(C3C=CC=C3)cc2)C(C)=C(C(=O)OCC)C1c1ccco1. The van der Waals surface area contributed by atoms with Crippen LogP contribution in [-0.2, 0) is 19.1 Å². The van der Waals surface area contributed by atoms with Crippen LogP contribution >= 0.6 is 0 Å². The molecule has 0 saturated heterocycles. The molecule has 0 spiro atoms. The molecule has 0 unspecified atom stereocenters. The first-order valence-electron chi connectivity index (χ1n) is 11.5. The van der Waals surface area contributed by atoms with Gasteiger partial charge in [-0.1, -0.05) is 36.4 Å². The molecule has 1 aromatic carbocycles. The van der Waals surface area contributed by atoms with Crippen molar-refractivity contribution in [2.24, 2.45) is 0 Å². The monoisotopic (exact) mass is 459 g/mol. The number of nitrogens with zero attached hydrogens (tertiary/aromatic N) is 1. The van der Waals surface area contributed by atoms with Crippen molar-refractivity contribution in [1.82, 2.24) is 0 Å². The molecule has 0 saturated carbocycles. The molecule has 4 rings (SSSR count). The summed E-state index contributed by atoms with van der Waals surface area (Å²) in [6.07, 6.45) is 9.88. The van der Waals surface area contributed by atoms with Crippen LogP contribution in [0.1, 0.15) is 50.9 Å². The highest BCUT2D eigenvalue weighted by atomic mass is 16.5. The topological polar surface area (TPSA) is 69.0 Å². The number of carbonyl (C=O) groups excluding carboxylic acids is 2. The van der Waals surface area contributed by atoms with Crippen LogP contribution in [0.3, 0.4) is 0 Å². The van der Waals surface area contributed by atoms with E-state index in [1.165, 1.54) is 11.8 Å². The second kappa shape index (κ2) is 10.00. The number of allylic oxidation sites excluding steroid dienone is 6. The number of rotatable bonds is 7. The van der Waals surface area contributed by atoms with Gasteiger partial charge in [-0.3, -0.25) is 0 Å². The summed E-state index contributed by atoms with van der Waals surface area (Å²) in [4.78, 5) is 28.3. The summed E-state index contributed by atoms with van der Waals surface area (Å²) in [5, 5.41) is 0. The molecule has 176 valence electrons. The largest absolute Gasteiger partial charge is 0.468 e. The van der Waals surface area contributed by atoms with Crippen molar-refractivity contribution >= 4 is 17.6 Å². The fourth-order valence-electron chi connectivity index (χ4n) is 4.63. The van der Waals surface area contributed by atoms with Crippen LogP contribution in [0, 0.1) is 0 Å². The molecular weight excluding hydrogens is 430 g/mol. The van der Waals surface area contributed by atoms with E-state index in [-0.39, 0.29) is 19.1 Å². The van der Waals surface area contributed by atoms with E-state index in [1.54, 1.807) is 26.0 Å². The third-order valence-electron chi connectivity index (χ3n) is 6.13. The second-order valence-electron chi connectivity index (χ2n) is 8.11. The molecule has 6 heteroatoms. The zero-order valence-corrected chi connectivity index (χ0v) is 19.9. The zero-order chi connectivity index (χ0) is 24.2. The highest BCUT2D eigenvalue weighted by Gasteiger charge is 2.42. The van der Waals surface area contributed by atoms with Gasteiger partial charge in [-0.05, 0) is 57.5 Å². The van der Waals surface area contributed by atoms with Gasteiger partial charge in [-0.25, -0.2) is 9.59 Å². The Kier molecular flexibility index (Phi) is 6.87. The lowest BCUT2D eigenvalue weighted by molar-refractivity contribution is -0.139. The lowest BCUT2D eigenvalue weighted by Gasteiger charge is -2.37.